The highest BCUT2D eigenvalue weighted by Crippen LogP contribution is 2.21. The Labute approximate surface area is 75.2 Å². The molecule has 1 rings (SSSR count). The maximum atomic E-state index is 9.20. The lowest BCUT2D eigenvalue weighted by Crippen LogP contribution is -2.01. The van der Waals surface area contributed by atoms with Gasteiger partial charge in [-0.05, 0) is 6.92 Å². The molecule has 0 aromatic carbocycles. The van der Waals surface area contributed by atoms with Crippen LogP contribution in [0.15, 0.2) is 6.20 Å². The van der Waals surface area contributed by atoms with Crippen LogP contribution >= 0.6 is 11.6 Å². The van der Waals surface area contributed by atoms with Crippen molar-refractivity contribution in [3.63, 3.8) is 0 Å². The first kappa shape index (κ1) is 9.22. The number of nitrogens with zero attached hydrogens (tertiary/aromatic N) is 2. The lowest BCUT2D eigenvalue weighted by atomic mass is 10.3. The van der Waals surface area contributed by atoms with Crippen LogP contribution in [-0.4, -0.2) is 22.2 Å². The van der Waals surface area contributed by atoms with E-state index in [4.69, 9.17) is 16.3 Å². The first-order valence-corrected chi connectivity index (χ1v) is 3.77. The van der Waals surface area contributed by atoms with Gasteiger partial charge in [-0.25, -0.2) is 4.98 Å². The number of hydrogen-bond donors (Lipinski definition) is 1. The van der Waals surface area contributed by atoms with E-state index in [0.29, 0.717) is 5.69 Å². The molecule has 0 fully saturated rings. The minimum atomic E-state index is -0.704. The average Bonchev–Trinajstić information content (AvgIpc) is 2.03. The Bertz CT molecular complexity index is 278. The molecule has 66 valence electrons. The topological polar surface area (TPSA) is 55.2 Å². The largest absolute Gasteiger partial charge is 0.480 e. The zero-order valence-electron chi connectivity index (χ0n) is 6.78. The van der Waals surface area contributed by atoms with E-state index in [1.54, 1.807) is 6.92 Å². The Morgan fingerprint density at radius 1 is 1.67 bits per heavy atom. The van der Waals surface area contributed by atoms with E-state index in [9.17, 15) is 5.11 Å². The molecule has 5 heteroatoms. The summed E-state index contributed by atoms with van der Waals surface area (Å²) in [5.41, 5.74) is 0.391. The fraction of sp³-hybridized carbons (Fsp3) is 0.429. The number of aliphatic hydroxyl groups excluding tert-OH is 1. The molecule has 1 aromatic rings. The molecule has 1 heterocycles. The summed E-state index contributed by atoms with van der Waals surface area (Å²) >= 11 is 5.57. The lowest BCUT2D eigenvalue weighted by Gasteiger charge is -2.07. The molecular weight excluding hydrogens is 180 g/mol. The van der Waals surface area contributed by atoms with Crippen molar-refractivity contribution in [1.82, 2.24) is 9.97 Å². The Balaban J connectivity index is 3.11. The number of halogens is 1. The second-order valence-corrected chi connectivity index (χ2v) is 2.65. The number of aromatic nitrogens is 2. The van der Waals surface area contributed by atoms with Crippen LogP contribution in [0.2, 0.25) is 5.15 Å². The summed E-state index contributed by atoms with van der Waals surface area (Å²) < 4.78 is 4.87. The van der Waals surface area contributed by atoms with Crippen molar-refractivity contribution in [2.45, 2.75) is 13.0 Å². The van der Waals surface area contributed by atoms with Crippen LogP contribution in [0.4, 0.5) is 0 Å². The van der Waals surface area contributed by atoms with Crippen molar-refractivity contribution in [2.24, 2.45) is 0 Å². The summed E-state index contributed by atoms with van der Waals surface area (Å²) in [6, 6.07) is 0. The van der Waals surface area contributed by atoms with E-state index in [1.165, 1.54) is 13.3 Å². The van der Waals surface area contributed by atoms with Gasteiger partial charge in [-0.1, -0.05) is 11.6 Å². The third-order valence-corrected chi connectivity index (χ3v) is 1.51. The zero-order valence-corrected chi connectivity index (χ0v) is 7.54. The molecule has 1 unspecified atom stereocenters. The summed E-state index contributed by atoms with van der Waals surface area (Å²) in [5, 5.41) is 9.45. The third kappa shape index (κ3) is 1.84. The Hall–Kier alpha value is -0.870. The molecule has 1 N–H and O–H groups in total. The van der Waals surface area contributed by atoms with Gasteiger partial charge in [0, 0.05) is 0 Å². The highest BCUT2D eigenvalue weighted by atomic mass is 35.5. The smallest absolute Gasteiger partial charge is 0.239 e. The van der Waals surface area contributed by atoms with E-state index in [2.05, 4.69) is 9.97 Å². The molecule has 0 spiro atoms. The number of rotatable bonds is 2. The van der Waals surface area contributed by atoms with Crippen molar-refractivity contribution in [2.75, 3.05) is 7.11 Å². The SMILES string of the molecule is COc1nc(Cl)cnc1C(C)O. The quantitative estimate of drug-likeness (QED) is 0.758. The molecule has 0 bridgehead atoms. The molecular formula is C7H9ClN2O2. The minimum Gasteiger partial charge on any atom is -0.480 e. The van der Waals surface area contributed by atoms with E-state index in [0.717, 1.165) is 0 Å². The van der Waals surface area contributed by atoms with Crippen molar-refractivity contribution in [1.29, 1.82) is 0 Å². The Morgan fingerprint density at radius 2 is 2.33 bits per heavy atom. The maximum Gasteiger partial charge on any atom is 0.239 e. The second kappa shape index (κ2) is 3.69. The molecule has 1 atom stereocenters. The van der Waals surface area contributed by atoms with Gasteiger partial charge in [0.1, 0.15) is 5.69 Å². The molecule has 0 amide bonds. The fourth-order valence-corrected chi connectivity index (χ4v) is 0.924. The summed E-state index contributed by atoms with van der Waals surface area (Å²) in [4.78, 5) is 7.71. The molecule has 1 aromatic heterocycles. The van der Waals surface area contributed by atoms with Crippen molar-refractivity contribution >= 4 is 11.6 Å². The van der Waals surface area contributed by atoms with E-state index in [-0.39, 0.29) is 11.0 Å². The Kier molecular flexibility index (Phi) is 2.83. The highest BCUT2D eigenvalue weighted by molar-refractivity contribution is 6.29. The summed E-state index contributed by atoms with van der Waals surface area (Å²) in [5.74, 6) is 0.262. The molecule has 0 aliphatic carbocycles. The fourth-order valence-electron chi connectivity index (χ4n) is 0.798. The predicted molar refractivity (Wildman–Crippen MR) is 44.2 cm³/mol. The number of aliphatic hydroxyl groups is 1. The van der Waals surface area contributed by atoms with Crippen LogP contribution in [0.1, 0.15) is 18.7 Å². The van der Waals surface area contributed by atoms with Crippen LogP contribution in [0.25, 0.3) is 0 Å². The van der Waals surface area contributed by atoms with E-state index in [1.807, 2.05) is 0 Å². The normalized spacial score (nSPS) is 12.7. The molecule has 4 nitrogen and oxygen atoms in total. The van der Waals surface area contributed by atoms with Gasteiger partial charge in [0.2, 0.25) is 5.88 Å². The number of methoxy groups -OCH3 is 1. The standard InChI is InChI=1S/C7H9ClN2O2/c1-4(11)6-7(12-2)10-5(8)3-9-6/h3-4,11H,1-2H3. The third-order valence-electron chi connectivity index (χ3n) is 1.33. The van der Waals surface area contributed by atoms with Crippen LogP contribution in [0.3, 0.4) is 0 Å². The van der Waals surface area contributed by atoms with Crippen molar-refractivity contribution < 1.29 is 9.84 Å². The average molecular weight is 189 g/mol. The summed E-state index contributed by atoms with van der Waals surface area (Å²) in [6.45, 7) is 1.58. The van der Waals surface area contributed by atoms with Gasteiger partial charge < -0.3 is 9.84 Å². The van der Waals surface area contributed by atoms with Gasteiger partial charge in [-0.3, -0.25) is 0 Å². The molecule has 0 aliphatic rings. The van der Waals surface area contributed by atoms with Gasteiger partial charge in [-0.15, -0.1) is 0 Å². The monoisotopic (exact) mass is 188 g/mol. The van der Waals surface area contributed by atoms with Crippen LogP contribution in [-0.2, 0) is 0 Å². The van der Waals surface area contributed by atoms with Crippen molar-refractivity contribution in [3.05, 3.63) is 17.0 Å². The van der Waals surface area contributed by atoms with E-state index < -0.39 is 6.10 Å². The molecule has 0 radical (unpaired) electrons. The van der Waals surface area contributed by atoms with Crippen molar-refractivity contribution in [3.8, 4) is 5.88 Å². The minimum absolute atomic E-state index is 0.247. The van der Waals surface area contributed by atoms with Crippen LogP contribution in [0, 0.1) is 0 Å². The molecule has 12 heavy (non-hydrogen) atoms. The molecule has 0 saturated heterocycles. The summed E-state index contributed by atoms with van der Waals surface area (Å²) in [7, 11) is 1.45. The lowest BCUT2D eigenvalue weighted by molar-refractivity contribution is 0.187. The highest BCUT2D eigenvalue weighted by Gasteiger charge is 2.11. The van der Waals surface area contributed by atoms with Gasteiger partial charge in [-0.2, -0.15) is 4.98 Å². The van der Waals surface area contributed by atoms with Gasteiger partial charge in [0.05, 0.1) is 19.4 Å². The Morgan fingerprint density at radius 3 is 2.83 bits per heavy atom. The van der Waals surface area contributed by atoms with Gasteiger partial charge in [0.25, 0.3) is 0 Å². The van der Waals surface area contributed by atoms with E-state index >= 15 is 0 Å². The molecule has 0 aliphatic heterocycles. The first-order chi connectivity index (χ1) is 5.65. The maximum absolute atomic E-state index is 9.20. The number of hydrogen-bond acceptors (Lipinski definition) is 4. The summed E-state index contributed by atoms with van der Waals surface area (Å²) in [6.07, 6.45) is 0.663. The van der Waals surface area contributed by atoms with Gasteiger partial charge >= 0.3 is 0 Å². The second-order valence-electron chi connectivity index (χ2n) is 2.26. The zero-order chi connectivity index (χ0) is 9.14. The van der Waals surface area contributed by atoms with Gasteiger partial charge in [0.15, 0.2) is 5.15 Å². The number of ether oxygens (including phenoxy) is 1. The predicted octanol–water partition coefficient (Wildman–Crippen LogP) is 1.19. The molecule has 0 saturated carbocycles. The first-order valence-electron chi connectivity index (χ1n) is 3.39. The van der Waals surface area contributed by atoms with Crippen LogP contribution < -0.4 is 4.74 Å². The van der Waals surface area contributed by atoms with Crippen LogP contribution in [0.5, 0.6) is 5.88 Å².